The van der Waals surface area contributed by atoms with Crippen LogP contribution in [0.2, 0.25) is 0 Å². The van der Waals surface area contributed by atoms with Gasteiger partial charge < -0.3 is 15.0 Å². The van der Waals surface area contributed by atoms with E-state index in [0.29, 0.717) is 12.1 Å². The lowest BCUT2D eigenvalue weighted by atomic mass is 10.1. The van der Waals surface area contributed by atoms with Crippen molar-refractivity contribution in [2.75, 3.05) is 31.7 Å². The van der Waals surface area contributed by atoms with Gasteiger partial charge in [-0.15, -0.1) is 0 Å². The SMILES string of the molecule is CCNC(C)c1ccc(N(CCOC)C(C)C2CC2)nc1. The predicted octanol–water partition coefficient (Wildman–Crippen LogP) is 3.00. The van der Waals surface area contributed by atoms with E-state index < -0.39 is 0 Å². The maximum atomic E-state index is 5.26. The highest BCUT2D eigenvalue weighted by Gasteiger charge is 2.32. The van der Waals surface area contributed by atoms with E-state index in [1.165, 1.54) is 18.4 Å². The molecule has 0 saturated heterocycles. The highest BCUT2D eigenvalue weighted by molar-refractivity contribution is 5.41. The maximum Gasteiger partial charge on any atom is 0.128 e. The lowest BCUT2D eigenvalue weighted by Gasteiger charge is -2.30. The minimum Gasteiger partial charge on any atom is -0.383 e. The third-order valence-corrected chi connectivity index (χ3v) is 4.41. The molecule has 0 bridgehead atoms. The number of nitrogens with one attached hydrogen (secondary N) is 1. The molecule has 4 nitrogen and oxygen atoms in total. The molecule has 118 valence electrons. The van der Waals surface area contributed by atoms with Gasteiger partial charge in [-0.2, -0.15) is 0 Å². The van der Waals surface area contributed by atoms with Crippen molar-refractivity contribution in [3.05, 3.63) is 23.9 Å². The Morgan fingerprint density at radius 1 is 1.38 bits per heavy atom. The van der Waals surface area contributed by atoms with Crippen molar-refractivity contribution in [3.63, 3.8) is 0 Å². The molecule has 4 heteroatoms. The Labute approximate surface area is 128 Å². The molecule has 1 N–H and O–H groups in total. The number of methoxy groups -OCH3 is 1. The summed E-state index contributed by atoms with van der Waals surface area (Å²) in [5.41, 5.74) is 1.24. The third kappa shape index (κ3) is 4.42. The number of hydrogen-bond acceptors (Lipinski definition) is 4. The van der Waals surface area contributed by atoms with Crippen LogP contribution in [-0.4, -0.2) is 37.8 Å². The van der Waals surface area contributed by atoms with Gasteiger partial charge in [0.05, 0.1) is 6.61 Å². The quantitative estimate of drug-likeness (QED) is 0.759. The van der Waals surface area contributed by atoms with Crippen LogP contribution in [0.1, 0.15) is 45.2 Å². The van der Waals surface area contributed by atoms with E-state index in [1.54, 1.807) is 7.11 Å². The Morgan fingerprint density at radius 2 is 2.14 bits per heavy atom. The van der Waals surface area contributed by atoms with Gasteiger partial charge in [-0.25, -0.2) is 4.98 Å². The highest BCUT2D eigenvalue weighted by Crippen LogP contribution is 2.36. The largest absolute Gasteiger partial charge is 0.383 e. The van der Waals surface area contributed by atoms with Gasteiger partial charge >= 0.3 is 0 Å². The van der Waals surface area contributed by atoms with Crippen LogP contribution >= 0.6 is 0 Å². The van der Waals surface area contributed by atoms with Gasteiger partial charge in [0, 0.05) is 31.9 Å². The summed E-state index contributed by atoms with van der Waals surface area (Å²) in [6.07, 6.45) is 4.70. The average molecular weight is 291 g/mol. The zero-order chi connectivity index (χ0) is 15.2. The smallest absolute Gasteiger partial charge is 0.128 e. The van der Waals surface area contributed by atoms with Crippen molar-refractivity contribution in [1.82, 2.24) is 10.3 Å². The first-order valence-corrected chi connectivity index (χ1v) is 8.12. The van der Waals surface area contributed by atoms with Crippen molar-refractivity contribution in [2.24, 2.45) is 5.92 Å². The minimum atomic E-state index is 0.352. The first-order chi connectivity index (χ1) is 10.2. The second-order valence-corrected chi connectivity index (χ2v) is 5.99. The summed E-state index contributed by atoms with van der Waals surface area (Å²) in [6.45, 7) is 9.24. The molecule has 1 aromatic rings. The van der Waals surface area contributed by atoms with Crippen LogP contribution in [0.4, 0.5) is 5.82 Å². The molecule has 1 aliphatic carbocycles. The van der Waals surface area contributed by atoms with Crippen LogP contribution in [-0.2, 0) is 4.74 Å². The molecule has 1 saturated carbocycles. The standard InChI is InChI=1S/C17H29N3O/c1-5-18-13(2)16-8-9-17(19-12-16)20(10-11-21-4)14(3)15-6-7-15/h8-9,12-15,18H,5-7,10-11H2,1-4H3. The Kier molecular flexibility index (Phi) is 6.00. The van der Waals surface area contributed by atoms with Crippen LogP contribution in [0.3, 0.4) is 0 Å². The van der Waals surface area contributed by atoms with Crippen molar-refractivity contribution in [1.29, 1.82) is 0 Å². The summed E-state index contributed by atoms with van der Waals surface area (Å²) in [6, 6.07) is 5.24. The molecule has 0 amide bonds. The number of hydrogen-bond donors (Lipinski definition) is 1. The van der Waals surface area contributed by atoms with Crippen molar-refractivity contribution in [3.8, 4) is 0 Å². The van der Waals surface area contributed by atoms with Crippen molar-refractivity contribution in [2.45, 2.75) is 45.7 Å². The summed E-state index contributed by atoms with van der Waals surface area (Å²) in [5, 5.41) is 3.42. The van der Waals surface area contributed by atoms with Crippen LogP contribution in [0.25, 0.3) is 0 Å². The molecule has 2 rings (SSSR count). The fourth-order valence-corrected chi connectivity index (χ4v) is 2.80. The van der Waals surface area contributed by atoms with E-state index >= 15 is 0 Å². The van der Waals surface area contributed by atoms with Gasteiger partial charge in [0.15, 0.2) is 0 Å². The Morgan fingerprint density at radius 3 is 2.67 bits per heavy atom. The molecule has 0 radical (unpaired) electrons. The zero-order valence-corrected chi connectivity index (χ0v) is 13.8. The zero-order valence-electron chi connectivity index (χ0n) is 13.8. The van der Waals surface area contributed by atoms with Gasteiger partial charge in [0.25, 0.3) is 0 Å². The van der Waals surface area contributed by atoms with Crippen LogP contribution in [0, 0.1) is 5.92 Å². The topological polar surface area (TPSA) is 37.4 Å². The number of pyridine rings is 1. The lowest BCUT2D eigenvalue weighted by molar-refractivity contribution is 0.202. The van der Waals surface area contributed by atoms with Crippen LogP contribution in [0.5, 0.6) is 0 Å². The number of rotatable bonds is 9. The van der Waals surface area contributed by atoms with Gasteiger partial charge in [0.2, 0.25) is 0 Å². The molecule has 2 unspecified atom stereocenters. The molecule has 1 aliphatic rings. The fraction of sp³-hybridized carbons (Fsp3) is 0.706. The highest BCUT2D eigenvalue weighted by atomic mass is 16.5. The average Bonchev–Trinajstić information content (AvgIpc) is 3.33. The van der Waals surface area contributed by atoms with Gasteiger partial charge in [-0.1, -0.05) is 13.0 Å². The van der Waals surface area contributed by atoms with Crippen LogP contribution in [0.15, 0.2) is 18.3 Å². The second-order valence-electron chi connectivity index (χ2n) is 5.99. The van der Waals surface area contributed by atoms with E-state index in [9.17, 15) is 0 Å². The Bertz CT molecular complexity index is 417. The Hall–Kier alpha value is -1.13. The molecule has 21 heavy (non-hydrogen) atoms. The van der Waals surface area contributed by atoms with Crippen molar-refractivity contribution < 1.29 is 4.74 Å². The Balaban J connectivity index is 2.08. The summed E-state index contributed by atoms with van der Waals surface area (Å²) in [4.78, 5) is 7.09. The summed E-state index contributed by atoms with van der Waals surface area (Å²) in [5.74, 6) is 1.89. The molecule has 1 heterocycles. The molecule has 0 spiro atoms. The monoisotopic (exact) mass is 291 g/mol. The molecular formula is C17H29N3O. The molecule has 0 aliphatic heterocycles. The summed E-state index contributed by atoms with van der Waals surface area (Å²) in [7, 11) is 1.76. The minimum absolute atomic E-state index is 0.352. The molecule has 1 fully saturated rings. The summed E-state index contributed by atoms with van der Waals surface area (Å²) >= 11 is 0. The van der Waals surface area contributed by atoms with E-state index in [1.807, 2.05) is 6.20 Å². The van der Waals surface area contributed by atoms with E-state index in [4.69, 9.17) is 9.72 Å². The predicted molar refractivity (Wildman–Crippen MR) is 87.7 cm³/mol. The molecule has 1 aromatic heterocycles. The first-order valence-electron chi connectivity index (χ1n) is 8.12. The lowest BCUT2D eigenvalue weighted by Crippen LogP contribution is -2.37. The summed E-state index contributed by atoms with van der Waals surface area (Å²) < 4.78 is 5.26. The number of anilines is 1. The second kappa shape index (κ2) is 7.76. The van der Waals surface area contributed by atoms with E-state index in [-0.39, 0.29) is 0 Å². The molecule has 0 aromatic carbocycles. The number of aromatic nitrogens is 1. The van der Waals surface area contributed by atoms with Crippen molar-refractivity contribution >= 4 is 5.82 Å². The molecule has 2 atom stereocenters. The van der Waals surface area contributed by atoms with E-state index in [0.717, 1.165) is 31.4 Å². The number of ether oxygens (including phenoxy) is 1. The van der Waals surface area contributed by atoms with Gasteiger partial charge in [0.1, 0.15) is 5.82 Å². The van der Waals surface area contributed by atoms with Gasteiger partial charge in [-0.3, -0.25) is 0 Å². The fourth-order valence-electron chi connectivity index (χ4n) is 2.80. The molecular weight excluding hydrogens is 262 g/mol. The number of nitrogens with zero attached hydrogens (tertiary/aromatic N) is 2. The van der Waals surface area contributed by atoms with Gasteiger partial charge in [-0.05, 0) is 50.8 Å². The normalized spacial score (nSPS) is 17.5. The van der Waals surface area contributed by atoms with E-state index in [2.05, 4.69) is 43.1 Å². The third-order valence-electron chi connectivity index (χ3n) is 4.41. The first kappa shape index (κ1) is 16.2. The van der Waals surface area contributed by atoms with Crippen LogP contribution < -0.4 is 10.2 Å². The maximum absolute atomic E-state index is 5.26.